The van der Waals surface area contributed by atoms with E-state index in [0.29, 0.717) is 57.3 Å². The highest BCUT2D eigenvalue weighted by Crippen LogP contribution is 2.25. The highest BCUT2D eigenvalue weighted by atomic mass is 32.2. The summed E-state index contributed by atoms with van der Waals surface area (Å²) in [5, 5.41) is 2.85. The van der Waals surface area contributed by atoms with Gasteiger partial charge in [0.2, 0.25) is 15.9 Å². The Kier molecular flexibility index (Phi) is 6.57. The van der Waals surface area contributed by atoms with E-state index in [4.69, 9.17) is 9.47 Å². The number of para-hydroxylation sites is 1. The van der Waals surface area contributed by atoms with Gasteiger partial charge < -0.3 is 14.8 Å². The minimum atomic E-state index is -3.64. The molecule has 4 rings (SSSR count). The van der Waals surface area contributed by atoms with Crippen molar-refractivity contribution in [3.05, 3.63) is 53.6 Å². The van der Waals surface area contributed by atoms with Crippen LogP contribution in [0.4, 0.5) is 5.69 Å². The zero-order valence-corrected chi connectivity index (χ0v) is 18.4. The van der Waals surface area contributed by atoms with Gasteiger partial charge in [0, 0.05) is 37.4 Å². The average Bonchev–Trinajstić information content (AvgIpc) is 2.97. The summed E-state index contributed by atoms with van der Waals surface area (Å²) in [6.07, 6.45) is 0. The second kappa shape index (κ2) is 9.35. The smallest absolute Gasteiger partial charge is 0.243 e. The zero-order valence-electron chi connectivity index (χ0n) is 17.5. The van der Waals surface area contributed by atoms with E-state index in [1.165, 1.54) is 4.31 Å². The number of fused-ring (bicyclic) bond motifs is 1. The molecule has 1 amide bonds. The molecule has 2 aromatic rings. The van der Waals surface area contributed by atoms with Gasteiger partial charge in [-0.05, 0) is 30.7 Å². The van der Waals surface area contributed by atoms with E-state index in [1.807, 2.05) is 29.2 Å². The standard InChI is InChI=1S/C22H27N3O5S/c1-17-6-7-19(14-21(17)31(27,28)25-9-11-29-12-10-25)23-22(26)16-24-8-13-30-20-5-3-2-4-18(20)15-24/h2-7,14H,8-13,15-16H2,1H3,(H,23,26). The summed E-state index contributed by atoms with van der Waals surface area (Å²) >= 11 is 0. The van der Waals surface area contributed by atoms with Gasteiger partial charge in [0.25, 0.3) is 0 Å². The molecular formula is C22H27N3O5S. The molecule has 1 saturated heterocycles. The minimum Gasteiger partial charge on any atom is -0.492 e. The maximum absolute atomic E-state index is 13.1. The van der Waals surface area contributed by atoms with Gasteiger partial charge in [0.05, 0.1) is 24.7 Å². The molecule has 0 atom stereocenters. The number of morpholine rings is 1. The maximum Gasteiger partial charge on any atom is 0.243 e. The summed E-state index contributed by atoms with van der Waals surface area (Å²) in [5.74, 6) is 0.653. The fraction of sp³-hybridized carbons (Fsp3) is 0.409. The van der Waals surface area contributed by atoms with E-state index in [9.17, 15) is 13.2 Å². The van der Waals surface area contributed by atoms with Crippen LogP contribution in [0.3, 0.4) is 0 Å². The van der Waals surface area contributed by atoms with Crippen LogP contribution in [0, 0.1) is 6.92 Å². The molecule has 0 aromatic heterocycles. The van der Waals surface area contributed by atoms with Crippen LogP contribution in [-0.4, -0.2) is 69.5 Å². The van der Waals surface area contributed by atoms with Gasteiger partial charge in [-0.15, -0.1) is 0 Å². The molecule has 0 radical (unpaired) electrons. The topological polar surface area (TPSA) is 88.2 Å². The minimum absolute atomic E-state index is 0.192. The molecule has 2 aromatic carbocycles. The van der Waals surface area contributed by atoms with E-state index in [1.54, 1.807) is 25.1 Å². The molecule has 1 N–H and O–H groups in total. The summed E-state index contributed by atoms with van der Waals surface area (Å²) in [6, 6.07) is 12.8. The van der Waals surface area contributed by atoms with Gasteiger partial charge in [0.15, 0.2) is 0 Å². The van der Waals surface area contributed by atoms with Gasteiger partial charge in [0.1, 0.15) is 12.4 Å². The first-order valence-corrected chi connectivity index (χ1v) is 11.8. The van der Waals surface area contributed by atoms with Crippen molar-refractivity contribution in [2.24, 2.45) is 0 Å². The number of hydrogen-bond acceptors (Lipinski definition) is 6. The van der Waals surface area contributed by atoms with Crippen LogP contribution in [0.15, 0.2) is 47.4 Å². The summed E-state index contributed by atoms with van der Waals surface area (Å²) in [7, 11) is -3.64. The van der Waals surface area contributed by atoms with Crippen LogP contribution in [-0.2, 0) is 26.1 Å². The SMILES string of the molecule is Cc1ccc(NC(=O)CN2CCOc3ccccc3C2)cc1S(=O)(=O)N1CCOCC1. The number of hydrogen-bond donors (Lipinski definition) is 1. The molecule has 166 valence electrons. The molecular weight excluding hydrogens is 418 g/mol. The summed E-state index contributed by atoms with van der Waals surface area (Å²) < 4.78 is 38.5. The number of sulfonamides is 1. The van der Waals surface area contributed by atoms with E-state index >= 15 is 0 Å². The first kappa shape index (κ1) is 21.8. The van der Waals surface area contributed by atoms with Crippen LogP contribution in [0.1, 0.15) is 11.1 Å². The average molecular weight is 446 g/mol. The molecule has 0 saturated carbocycles. The Morgan fingerprint density at radius 2 is 1.84 bits per heavy atom. The highest BCUT2D eigenvalue weighted by molar-refractivity contribution is 7.89. The van der Waals surface area contributed by atoms with Crippen LogP contribution < -0.4 is 10.1 Å². The molecule has 8 nitrogen and oxygen atoms in total. The number of aryl methyl sites for hydroxylation is 1. The van der Waals surface area contributed by atoms with Gasteiger partial charge in [-0.25, -0.2) is 8.42 Å². The summed E-state index contributed by atoms with van der Waals surface area (Å²) in [4.78, 5) is 14.9. The first-order chi connectivity index (χ1) is 14.9. The van der Waals surface area contributed by atoms with Crippen molar-refractivity contribution in [2.45, 2.75) is 18.4 Å². The Balaban J connectivity index is 1.45. The molecule has 0 unspecified atom stereocenters. The van der Waals surface area contributed by atoms with Crippen LogP contribution >= 0.6 is 0 Å². The van der Waals surface area contributed by atoms with E-state index in [0.717, 1.165) is 11.3 Å². The fourth-order valence-electron chi connectivity index (χ4n) is 3.80. The first-order valence-electron chi connectivity index (χ1n) is 10.3. The number of rotatable bonds is 5. The van der Waals surface area contributed by atoms with E-state index in [-0.39, 0.29) is 17.3 Å². The Morgan fingerprint density at radius 3 is 2.65 bits per heavy atom. The zero-order chi connectivity index (χ0) is 21.8. The van der Waals surface area contributed by atoms with Crippen molar-refractivity contribution in [1.29, 1.82) is 0 Å². The number of benzene rings is 2. The van der Waals surface area contributed by atoms with Crippen molar-refractivity contribution < 1.29 is 22.7 Å². The number of ether oxygens (including phenoxy) is 2. The van der Waals surface area contributed by atoms with Crippen molar-refractivity contribution >= 4 is 21.6 Å². The molecule has 0 aliphatic carbocycles. The largest absolute Gasteiger partial charge is 0.492 e. The van der Waals surface area contributed by atoms with Crippen LogP contribution in [0.25, 0.3) is 0 Å². The monoisotopic (exact) mass is 445 g/mol. The second-order valence-corrected chi connectivity index (χ2v) is 9.62. The number of nitrogens with zero attached hydrogens (tertiary/aromatic N) is 2. The number of carbonyl (C=O) groups excluding carboxylic acids is 1. The van der Waals surface area contributed by atoms with Crippen molar-refractivity contribution in [1.82, 2.24) is 9.21 Å². The van der Waals surface area contributed by atoms with Gasteiger partial charge in [-0.1, -0.05) is 24.3 Å². The molecule has 0 spiro atoms. The molecule has 9 heteroatoms. The third-order valence-electron chi connectivity index (χ3n) is 5.46. The lowest BCUT2D eigenvalue weighted by Gasteiger charge is -2.27. The Hall–Kier alpha value is -2.46. The molecule has 31 heavy (non-hydrogen) atoms. The van der Waals surface area contributed by atoms with Gasteiger partial charge >= 0.3 is 0 Å². The number of nitrogens with one attached hydrogen (secondary N) is 1. The normalized spacial score (nSPS) is 18.0. The Morgan fingerprint density at radius 1 is 1.06 bits per heavy atom. The summed E-state index contributed by atoms with van der Waals surface area (Å²) in [5.41, 5.74) is 2.15. The second-order valence-electron chi connectivity index (χ2n) is 7.71. The molecule has 2 aliphatic rings. The molecule has 1 fully saturated rings. The maximum atomic E-state index is 13.1. The Bertz CT molecular complexity index is 1050. The van der Waals surface area contributed by atoms with Crippen molar-refractivity contribution in [3.8, 4) is 5.75 Å². The summed E-state index contributed by atoms with van der Waals surface area (Å²) in [6.45, 7) is 5.14. The quantitative estimate of drug-likeness (QED) is 0.756. The highest BCUT2D eigenvalue weighted by Gasteiger charge is 2.28. The third-order valence-corrected chi connectivity index (χ3v) is 7.50. The molecule has 2 aliphatic heterocycles. The van der Waals surface area contributed by atoms with Crippen LogP contribution in [0.2, 0.25) is 0 Å². The van der Waals surface area contributed by atoms with E-state index in [2.05, 4.69) is 5.32 Å². The van der Waals surface area contributed by atoms with Crippen molar-refractivity contribution in [3.63, 3.8) is 0 Å². The van der Waals surface area contributed by atoms with Crippen LogP contribution in [0.5, 0.6) is 5.75 Å². The number of anilines is 1. The Labute approximate surface area is 182 Å². The lowest BCUT2D eigenvalue weighted by Crippen LogP contribution is -2.40. The fourth-order valence-corrected chi connectivity index (χ4v) is 5.46. The number of amides is 1. The third kappa shape index (κ3) is 5.07. The number of carbonyl (C=O) groups is 1. The van der Waals surface area contributed by atoms with Crippen molar-refractivity contribution in [2.75, 3.05) is 51.3 Å². The lowest BCUT2D eigenvalue weighted by molar-refractivity contribution is -0.117. The lowest BCUT2D eigenvalue weighted by atomic mass is 10.2. The van der Waals surface area contributed by atoms with Gasteiger partial charge in [-0.3, -0.25) is 9.69 Å². The van der Waals surface area contributed by atoms with Gasteiger partial charge in [-0.2, -0.15) is 4.31 Å². The predicted molar refractivity (Wildman–Crippen MR) is 117 cm³/mol. The predicted octanol–water partition coefficient (Wildman–Crippen LogP) is 1.85. The van der Waals surface area contributed by atoms with E-state index < -0.39 is 10.0 Å². The molecule has 0 bridgehead atoms. The molecule has 2 heterocycles.